The fourth-order valence-corrected chi connectivity index (χ4v) is 2.81. The van der Waals surface area contributed by atoms with Crippen molar-refractivity contribution in [1.82, 2.24) is 0 Å². The highest BCUT2D eigenvalue weighted by Crippen LogP contribution is 2.04. The first-order valence-electron chi connectivity index (χ1n) is 5.53. The third-order valence-electron chi connectivity index (χ3n) is 2.22. The molecular formula is C10H23NO2S. The van der Waals surface area contributed by atoms with Gasteiger partial charge < -0.3 is 5.73 Å². The van der Waals surface area contributed by atoms with Crippen LogP contribution in [0, 0.1) is 0 Å². The van der Waals surface area contributed by atoms with Gasteiger partial charge in [0.1, 0.15) is 9.84 Å². The van der Waals surface area contributed by atoms with E-state index in [0.29, 0.717) is 24.5 Å². The van der Waals surface area contributed by atoms with Gasteiger partial charge in [-0.2, -0.15) is 0 Å². The Kier molecular flexibility index (Phi) is 8.18. The molecule has 0 heterocycles. The SMILES string of the molecule is CCCCCCS(=O)(=O)CCCCN. The Bertz CT molecular complexity index is 212. The van der Waals surface area contributed by atoms with Gasteiger partial charge in [-0.1, -0.05) is 26.2 Å². The summed E-state index contributed by atoms with van der Waals surface area (Å²) in [4.78, 5) is 0. The number of sulfone groups is 1. The molecule has 0 fully saturated rings. The molecule has 3 nitrogen and oxygen atoms in total. The summed E-state index contributed by atoms with van der Waals surface area (Å²) in [6.45, 7) is 2.71. The van der Waals surface area contributed by atoms with Crippen LogP contribution >= 0.6 is 0 Å². The number of nitrogens with two attached hydrogens (primary N) is 1. The Morgan fingerprint density at radius 2 is 1.50 bits per heavy atom. The molecule has 0 bridgehead atoms. The maximum Gasteiger partial charge on any atom is 0.150 e. The minimum absolute atomic E-state index is 0.316. The van der Waals surface area contributed by atoms with E-state index >= 15 is 0 Å². The molecule has 86 valence electrons. The van der Waals surface area contributed by atoms with Crippen molar-refractivity contribution in [2.45, 2.75) is 45.4 Å². The Morgan fingerprint density at radius 1 is 0.929 bits per heavy atom. The Hall–Kier alpha value is -0.0900. The minimum Gasteiger partial charge on any atom is -0.330 e. The Labute approximate surface area is 88.0 Å². The van der Waals surface area contributed by atoms with Gasteiger partial charge in [-0.3, -0.25) is 0 Å². The molecule has 14 heavy (non-hydrogen) atoms. The maximum absolute atomic E-state index is 11.4. The lowest BCUT2D eigenvalue weighted by molar-refractivity contribution is 0.585. The van der Waals surface area contributed by atoms with Gasteiger partial charge in [-0.05, 0) is 25.8 Å². The summed E-state index contributed by atoms with van der Waals surface area (Å²) in [5, 5.41) is 0. The number of hydrogen-bond donors (Lipinski definition) is 1. The van der Waals surface area contributed by atoms with Gasteiger partial charge in [-0.15, -0.1) is 0 Å². The molecular weight excluding hydrogens is 198 g/mol. The van der Waals surface area contributed by atoms with Crippen LogP contribution in [0.5, 0.6) is 0 Å². The topological polar surface area (TPSA) is 60.2 Å². The van der Waals surface area contributed by atoms with Crippen LogP contribution in [0.1, 0.15) is 45.4 Å². The van der Waals surface area contributed by atoms with Crippen molar-refractivity contribution in [3.05, 3.63) is 0 Å². The van der Waals surface area contributed by atoms with Gasteiger partial charge >= 0.3 is 0 Å². The highest BCUT2D eigenvalue weighted by molar-refractivity contribution is 7.91. The van der Waals surface area contributed by atoms with E-state index in [4.69, 9.17) is 5.73 Å². The molecule has 0 aliphatic heterocycles. The molecule has 2 N–H and O–H groups in total. The van der Waals surface area contributed by atoms with Gasteiger partial charge in [0, 0.05) is 0 Å². The first-order valence-corrected chi connectivity index (χ1v) is 7.35. The second-order valence-electron chi connectivity index (χ2n) is 3.71. The first kappa shape index (κ1) is 13.9. The van der Waals surface area contributed by atoms with E-state index in [9.17, 15) is 8.42 Å². The lowest BCUT2D eigenvalue weighted by atomic mass is 10.2. The molecule has 0 atom stereocenters. The molecule has 0 saturated carbocycles. The third kappa shape index (κ3) is 8.51. The van der Waals surface area contributed by atoms with Crippen LogP contribution in [-0.2, 0) is 9.84 Å². The first-order chi connectivity index (χ1) is 6.62. The molecule has 0 radical (unpaired) electrons. The highest BCUT2D eigenvalue weighted by Gasteiger charge is 2.08. The second kappa shape index (κ2) is 8.24. The fourth-order valence-electron chi connectivity index (χ4n) is 1.32. The van der Waals surface area contributed by atoms with Crippen LogP contribution < -0.4 is 5.73 Å². The van der Waals surface area contributed by atoms with Crippen LogP contribution in [0.25, 0.3) is 0 Å². The number of hydrogen-bond acceptors (Lipinski definition) is 3. The van der Waals surface area contributed by atoms with Crippen LogP contribution in [0.2, 0.25) is 0 Å². The molecule has 0 aliphatic carbocycles. The molecule has 0 aromatic carbocycles. The van der Waals surface area contributed by atoms with E-state index in [0.717, 1.165) is 32.1 Å². The maximum atomic E-state index is 11.4. The summed E-state index contributed by atoms with van der Waals surface area (Å²) in [5.74, 6) is 0.675. The summed E-state index contributed by atoms with van der Waals surface area (Å²) in [5.41, 5.74) is 5.30. The van der Waals surface area contributed by atoms with Gasteiger partial charge in [0.05, 0.1) is 11.5 Å². The van der Waals surface area contributed by atoms with Crippen molar-refractivity contribution in [3.8, 4) is 0 Å². The summed E-state index contributed by atoms with van der Waals surface area (Å²) in [6.07, 6.45) is 5.66. The van der Waals surface area contributed by atoms with E-state index in [-0.39, 0.29) is 0 Å². The Morgan fingerprint density at radius 3 is 2.00 bits per heavy atom. The molecule has 0 aliphatic rings. The molecule has 0 rings (SSSR count). The van der Waals surface area contributed by atoms with E-state index in [1.165, 1.54) is 0 Å². The van der Waals surface area contributed by atoms with Crippen molar-refractivity contribution < 1.29 is 8.42 Å². The highest BCUT2D eigenvalue weighted by atomic mass is 32.2. The van der Waals surface area contributed by atoms with Crippen molar-refractivity contribution in [3.63, 3.8) is 0 Å². The van der Waals surface area contributed by atoms with Gasteiger partial charge in [-0.25, -0.2) is 8.42 Å². The molecule has 0 amide bonds. The van der Waals surface area contributed by atoms with Gasteiger partial charge in [0.15, 0.2) is 0 Å². The quantitative estimate of drug-likeness (QED) is 0.603. The summed E-state index contributed by atoms with van der Waals surface area (Å²) >= 11 is 0. The standard InChI is InChI=1S/C10H23NO2S/c1-2-3-4-6-9-14(12,13)10-7-5-8-11/h2-11H2,1H3. The summed E-state index contributed by atoms with van der Waals surface area (Å²) in [7, 11) is -2.79. The molecule has 0 aromatic heterocycles. The predicted octanol–water partition coefficient (Wildman–Crippen LogP) is 1.72. The lowest BCUT2D eigenvalue weighted by Gasteiger charge is -2.03. The number of rotatable bonds is 9. The van der Waals surface area contributed by atoms with Gasteiger partial charge in [0.25, 0.3) is 0 Å². The fraction of sp³-hybridized carbons (Fsp3) is 1.00. The zero-order valence-electron chi connectivity index (χ0n) is 9.17. The van der Waals surface area contributed by atoms with E-state index in [2.05, 4.69) is 6.92 Å². The lowest BCUT2D eigenvalue weighted by Crippen LogP contribution is -2.12. The average molecular weight is 221 g/mol. The number of unbranched alkanes of at least 4 members (excludes halogenated alkanes) is 4. The van der Waals surface area contributed by atoms with Crippen molar-refractivity contribution in [2.75, 3.05) is 18.1 Å². The van der Waals surface area contributed by atoms with Crippen molar-refractivity contribution in [1.29, 1.82) is 0 Å². The van der Waals surface area contributed by atoms with Crippen LogP contribution in [0.3, 0.4) is 0 Å². The normalized spacial score (nSPS) is 11.9. The smallest absolute Gasteiger partial charge is 0.150 e. The third-order valence-corrected chi connectivity index (χ3v) is 4.04. The van der Waals surface area contributed by atoms with E-state index in [1.807, 2.05) is 0 Å². The second-order valence-corrected chi connectivity index (χ2v) is 6.01. The Balaban J connectivity index is 3.52. The predicted molar refractivity (Wildman–Crippen MR) is 61.1 cm³/mol. The van der Waals surface area contributed by atoms with Crippen LogP contribution in [0.15, 0.2) is 0 Å². The van der Waals surface area contributed by atoms with Crippen molar-refractivity contribution >= 4 is 9.84 Å². The molecule has 0 aromatic rings. The molecule has 0 spiro atoms. The van der Waals surface area contributed by atoms with Gasteiger partial charge in [0.2, 0.25) is 0 Å². The molecule has 0 unspecified atom stereocenters. The largest absolute Gasteiger partial charge is 0.330 e. The van der Waals surface area contributed by atoms with Crippen LogP contribution in [-0.4, -0.2) is 26.5 Å². The van der Waals surface area contributed by atoms with Crippen LogP contribution in [0.4, 0.5) is 0 Å². The zero-order valence-corrected chi connectivity index (χ0v) is 9.98. The summed E-state index contributed by atoms with van der Waals surface area (Å²) < 4.78 is 22.9. The monoisotopic (exact) mass is 221 g/mol. The van der Waals surface area contributed by atoms with Crippen molar-refractivity contribution in [2.24, 2.45) is 5.73 Å². The van der Waals surface area contributed by atoms with E-state index < -0.39 is 9.84 Å². The molecule has 0 saturated heterocycles. The van der Waals surface area contributed by atoms with E-state index in [1.54, 1.807) is 0 Å². The summed E-state index contributed by atoms with van der Waals surface area (Å²) in [6, 6.07) is 0. The minimum atomic E-state index is -2.79. The average Bonchev–Trinajstić information content (AvgIpc) is 2.13. The molecule has 4 heteroatoms. The zero-order chi connectivity index (χ0) is 10.9.